The lowest BCUT2D eigenvalue weighted by Crippen LogP contribution is -2.09. The molecule has 0 saturated carbocycles. The van der Waals surface area contributed by atoms with Gasteiger partial charge in [0.25, 0.3) is 0 Å². The molecule has 0 aromatic heterocycles. The normalized spacial score (nSPS) is 10.3. The molecule has 0 atom stereocenters. The van der Waals surface area contributed by atoms with Crippen molar-refractivity contribution in [3.63, 3.8) is 0 Å². The molecule has 0 spiro atoms. The van der Waals surface area contributed by atoms with E-state index >= 15 is 0 Å². The first-order valence-electron chi connectivity index (χ1n) is 6.38. The van der Waals surface area contributed by atoms with E-state index in [4.69, 9.17) is 27.9 Å². The van der Waals surface area contributed by atoms with Gasteiger partial charge < -0.3 is 10.1 Å². The van der Waals surface area contributed by atoms with Gasteiger partial charge >= 0.3 is 5.97 Å². The summed E-state index contributed by atoms with van der Waals surface area (Å²) in [7, 11) is 1.34. The first kappa shape index (κ1) is 15.7. The smallest absolute Gasteiger partial charge is 0.340 e. The highest BCUT2D eigenvalue weighted by atomic mass is 35.5. The third-order valence-corrected chi connectivity index (χ3v) is 3.63. The number of hydrogen-bond donors (Lipinski definition) is 1. The molecule has 1 N–H and O–H groups in total. The summed E-state index contributed by atoms with van der Waals surface area (Å²) in [4.78, 5) is 11.8. The average molecular weight is 324 g/mol. The Balaban J connectivity index is 2.21. The molecule has 0 bridgehead atoms. The highest BCUT2D eigenvalue weighted by Gasteiger charge is 2.12. The molecule has 2 rings (SSSR count). The number of anilines is 1. The Morgan fingerprint density at radius 2 is 1.81 bits per heavy atom. The Morgan fingerprint density at radius 1 is 1.14 bits per heavy atom. The van der Waals surface area contributed by atoms with Gasteiger partial charge in [-0.2, -0.15) is 0 Å². The number of benzene rings is 2. The van der Waals surface area contributed by atoms with Crippen LogP contribution >= 0.6 is 23.2 Å². The third kappa shape index (κ3) is 3.90. The van der Waals surface area contributed by atoms with E-state index in [1.165, 1.54) is 7.11 Å². The minimum atomic E-state index is -0.423. The summed E-state index contributed by atoms with van der Waals surface area (Å²) in [6.07, 6.45) is 0. The lowest BCUT2D eigenvalue weighted by atomic mass is 10.1. The number of rotatable bonds is 4. The molecule has 3 nitrogen and oxygen atoms in total. The lowest BCUT2D eigenvalue weighted by molar-refractivity contribution is 0.0602. The summed E-state index contributed by atoms with van der Waals surface area (Å²) in [5.41, 5.74) is 3.28. The number of nitrogens with one attached hydrogen (secondary N) is 1. The van der Waals surface area contributed by atoms with Gasteiger partial charge in [0.2, 0.25) is 0 Å². The van der Waals surface area contributed by atoms with Crippen LogP contribution in [-0.2, 0) is 11.3 Å². The van der Waals surface area contributed by atoms with Crippen molar-refractivity contribution < 1.29 is 9.53 Å². The molecule has 2 aromatic carbocycles. The largest absolute Gasteiger partial charge is 0.465 e. The van der Waals surface area contributed by atoms with Crippen LogP contribution in [0.4, 0.5) is 5.69 Å². The van der Waals surface area contributed by atoms with E-state index in [1.807, 2.05) is 25.1 Å². The summed E-state index contributed by atoms with van der Waals surface area (Å²) in [5, 5.41) is 4.43. The number of hydrogen-bond acceptors (Lipinski definition) is 3. The summed E-state index contributed by atoms with van der Waals surface area (Å²) in [5.74, 6) is -0.423. The molecule has 2 aromatic rings. The van der Waals surface area contributed by atoms with Crippen molar-refractivity contribution in [3.05, 3.63) is 63.1 Å². The molecule has 110 valence electrons. The topological polar surface area (TPSA) is 38.3 Å². The fourth-order valence-electron chi connectivity index (χ4n) is 2.00. The lowest BCUT2D eigenvalue weighted by Gasteiger charge is -2.13. The van der Waals surface area contributed by atoms with Crippen LogP contribution in [0.5, 0.6) is 0 Å². The Morgan fingerprint density at radius 3 is 2.48 bits per heavy atom. The van der Waals surface area contributed by atoms with Crippen molar-refractivity contribution in [1.29, 1.82) is 0 Å². The van der Waals surface area contributed by atoms with Crippen molar-refractivity contribution >= 4 is 34.9 Å². The van der Waals surface area contributed by atoms with E-state index < -0.39 is 5.97 Å². The maximum Gasteiger partial charge on any atom is 0.340 e. The summed E-state index contributed by atoms with van der Waals surface area (Å²) >= 11 is 11.9. The molecule has 0 unspecified atom stereocenters. The zero-order valence-electron chi connectivity index (χ0n) is 11.7. The molecule has 0 aliphatic heterocycles. The Hall–Kier alpha value is -1.71. The first-order valence-corrected chi connectivity index (χ1v) is 7.13. The standard InChI is InChI=1S/C16H15Cl2NO2/c1-10-7-12(17)4-3-11(10)9-19-15-6-5-13(18)8-14(15)16(20)21-2/h3-8,19H,9H2,1-2H3. The molecule has 0 amide bonds. The Kier molecular flexibility index (Phi) is 5.10. The summed E-state index contributed by atoms with van der Waals surface area (Å²) in [6.45, 7) is 2.57. The van der Waals surface area contributed by atoms with Crippen LogP contribution in [0.2, 0.25) is 10.0 Å². The quantitative estimate of drug-likeness (QED) is 0.829. The Bertz CT molecular complexity index is 671. The van der Waals surface area contributed by atoms with Gasteiger partial charge in [-0.1, -0.05) is 29.3 Å². The SMILES string of the molecule is COC(=O)c1cc(Cl)ccc1NCc1ccc(Cl)cc1C. The molecule has 21 heavy (non-hydrogen) atoms. The van der Waals surface area contributed by atoms with Crippen molar-refractivity contribution in [1.82, 2.24) is 0 Å². The summed E-state index contributed by atoms with van der Waals surface area (Å²) in [6, 6.07) is 10.8. The molecule has 0 heterocycles. The van der Waals surface area contributed by atoms with Crippen LogP contribution in [0.3, 0.4) is 0 Å². The van der Waals surface area contributed by atoms with Gasteiger partial charge in [-0.05, 0) is 48.4 Å². The van der Waals surface area contributed by atoms with Crippen LogP contribution in [0, 0.1) is 6.92 Å². The van der Waals surface area contributed by atoms with Gasteiger partial charge in [0.05, 0.1) is 12.7 Å². The zero-order valence-corrected chi connectivity index (χ0v) is 13.3. The fourth-order valence-corrected chi connectivity index (χ4v) is 2.40. The Labute approximate surface area is 133 Å². The number of aryl methyl sites for hydroxylation is 1. The van der Waals surface area contributed by atoms with Gasteiger partial charge in [-0.25, -0.2) is 4.79 Å². The number of carbonyl (C=O) groups excluding carboxylic acids is 1. The molecule has 0 aliphatic carbocycles. The molecule has 0 radical (unpaired) electrons. The van der Waals surface area contributed by atoms with Crippen molar-refractivity contribution in [3.8, 4) is 0 Å². The maximum absolute atomic E-state index is 11.8. The van der Waals surface area contributed by atoms with E-state index in [1.54, 1.807) is 18.2 Å². The molecule has 0 aliphatic rings. The van der Waals surface area contributed by atoms with Crippen molar-refractivity contribution in [2.24, 2.45) is 0 Å². The predicted molar refractivity (Wildman–Crippen MR) is 86.3 cm³/mol. The van der Waals surface area contributed by atoms with Crippen LogP contribution in [0.25, 0.3) is 0 Å². The average Bonchev–Trinajstić information content (AvgIpc) is 2.46. The highest BCUT2D eigenvalue weighted by Crippen LogP contribution is 2.23. The molecule has 0 saturated heterocycles. The van der Waals surface area contributed by atoms with Gasteiger partial charge in [0, 0.05) is 22.3 Å². The van der Waals surface area contributed by atoms with Crippen LogP contribution in [0.15, 0.2) is 36.4 Å². The van der Waals surface area contributed by atoms with E-state index in [0.29, 0.717) is 27.8 Å². The number of ether oxygens (including phenoxy) is 1. The number of esters is 1. The number of methoxy groups -OCH3 is 1. The molecule has 0 fully saturated rings. The van der Waals surface area contributed by atoms with Gasteiger partial charge in [0.1, 0.15) is 0 Å². The number of halogens is 2. The molecule has 5 heteroatoms. The van der Waals surface area contributed by atoms with Gasteiger partial charge in [-0.3, -0.25) is 0 Å². The van der Waals surface area contributed by atoms with Gasteiger partial charge in [-0.15, -0.1) is 0 Å². The van der Waals surface area contributed by atoms with E-state index in [-0.39, 0.29) is 0 Å². The highest BCUT2D eigenvalue weighted by molar-refractivity contribution is 6.31. The van der Waals surface area contributed by atoms with Crippen LogP contribution in [0.1, 0.15) is 21.5 Å². The monoisotopic (exact) mass is 323 g/mol. The second kappa shape index (κ2) is 6.83. The minimum Gasteiger partial charge on any atom is -0.465 e. The second-order valence-corrected chi connectivity index (χ2v) is 5.48. The van der Waals surface area contributed by atoms with Crippen LogP contribution < -0.4 is 5.32 Å². The minimum absolute atomic E-state index is 0.414. The van der Waals surface area contributed by atoms with Crippen LogP contribution in [-0.4, -0.2) is 13.1 Å². The van der Waals surface area contributed by atoms with Crippen molar-refractivity contribution in [2.45, 2.75) is 13.5 Å². The zero-order chi connectivity index (χ0) is 15.4. The fraction of sp³-hybridized carbons (Fsp3) is 0.188. The van der Waals surface area contributed by atoms with E-state index in [9.17, 15) is 4.79 Å². The first-order chi connectivity index (χ1) is 10.0. The number of carbonyl (C=O) groups is 1. The van der Waals surface area contributed by atoms with Gasteiger partial charge in [0.15, 0.2) is 0 Å². The third-order valence-electron chi connectivity index (χ3n) is 3.16. The summed E-state index contributed by atoms with van der Waals surface area (Å²) < 4.78 is 4.77. The predicted octanol–water partition coefficient (Wildman–Crippen LogP) is 4.70. The van der Waals surface area contributed by atoms with E-state index in [2.05, 4.69) is 5.32 Å². The second-order valence-electron chi connectivity index (χ2n) is 4.61. The maximum atomic E-state index is 11.8. The molecular formula is C16H15Cl2NO2. The molecular weight excluding hydrogens is 309 g/mol. The van der Waals surface area contributed by atoms with E-state index in [0.717, 1.165) is 11.1 Å². The van der Waals surface area contributed by atoms with Crippen molar-refractivity contribution in [2.75, 3.05) is 12.4 Å².